The molecule has 3 aliphatic rings. The monoisotopic (exact) mass is 673 g/mol. The van der Waals surface area contributed by atoms with Crippen LogP contribution in [0.25, 0.3) is 21.5 Å². The van der Waals surface area contributed by atoms with Crippen molar-refractivity contribution in [3.63, 3.8) is 0 Å². The molecule has 49 heavy (non-hydrogen) atoms. The molecule has 7 rings (SSSR count). The van der Waals surface area contributed by atoms with Crippen LogP contribution in [-0.2, 0) is 20.7 Å². The van der Waals surface area contributed by atoms with Gasteiger partial charge in [-0.1, -0.05) is 98.8 Å². The summed E-state index contributed by atoms with van der Waals surface area (Å²) in [5, 5.41) is 4.82. The largest absolute Gasteiger partial charge is 0.383 e. The number of unbranched alkanes of at least 4 members (excludes halogenated alkanes) is 1. The average molecular weight is 674 g/mol. The summed E-state index contributed by atoms with van der Waals surface area (Å²) < 4.78 is 5.29. The molecule has 4 aromatic carbocycles. The normalized spacial score (nSPS) is 21.0. The number of allylic oxidation sites excluding steroid dienone is 2. The number of carbonyl (C=O) groups is 3. The van der Waals surface area contributed by atoms with Crippen LogP contribution in [0.1, 0.15) is 56.6 Å². The number of hydrogen-bond donors (Lipinski definition) is 0. The highest BCUT2D eigenvalue weighted by molar-refractivity contribution is 8.03. The van der Waals surface area contributed by atoms with E-state index in [0.29, 0.717) is 18.4 Å². The molecule has 0 bridgehead atoms. The number of anilines is 1. The van der Waals surface area contributed by atoms with Gasteiger partial charge in [0.1, 0.15) is 5.57 Å². The highest BCUT2D eigenvalue weighted by atomic mass is 32.2. The van der Waals surface area contributed by atoms with Crippen LogP contribution in [0.15, 0.2) is 99.8 Å². The Hall–Kier alpha value is -4.40. The highest BCUT2D eigenvalue weighted by Crippen LogP contribution is 2.53. The zero-order chi connectivity index (χ0) is 34.2. The standard InChI is InChI=1S/C41H43N3O4S/c1-5-7-20-43-39(45)36(40(46)44(41(43)47)21-22-48-4)29(24-30-23-28-17-16-27-13-9-11-15-33(27)38(28)42(30)3)25-35-31(6-2)37-32-14-10-8-12-26(32)18-19-34(37)49-35/h8-19,25,30-31H,5-7,20-24H2,1-4H3/b35-25?,36-29+. The number of fused-ring (bicyclic) bond motifs is 6. The number of methoxy groups -OCH3 is 1. The van der Waals surface area contributed by atoms with Crippen LogP contribution in [0, 0.1) is 0 Å². The van der Waals surface area contributed by atoms with Crippen LogP contribution in [0.2, 0.25) is 0 Å². The van der Waals surface area contributed by atoms with E-state index in [4.69, 9.17) is 4.74 Å². The SMILES string of the molecule is CCCCN1C(=O)/C(=C(\C=C2Sc3ccc4ccccc4c3C2CC)CC2Cc3ccc4ccccc4c3N2C)C(=O)N(CCOC)C1=O. The van der Waals surface area contributed by atoms with Crippen molar-refractivity contribution in [1.29, 1.82) is 0 Å². The number of thioether (sulfide) groups is 1. The van der Waals surface area contributed by atoms with Crippen molar-refractivity contribution in [3.8, 4) is 0 Å². The van der Waals surface area contributed by atoms with Gasteiger partial charge in [-0.3, -0.25) is 19.4 Å². The molecule has 0 radical (unpaired) electrons. The Labute approximate surface area is 292 Å². The van der Waals surface area contributed by atoms with Crippen molar-refractivity contribution in [2.75, 3.05) is 38.8 Å². The van der Waals surface area contributed by atoms with Gasteiger partial charge in [0.15, 0.2) is 0 Å². The van der Waals surface area contributed by atoms with Crippen LogP contribution < -0.4 is 4.90 Å². The molecule has 2 unspecified atom stereocenters. The van der Waals surface area contributed by atoms with Gasteiger partial charge in [-0.25, -0.2) is 4.79 Å². The van der Waals surface area contributed by atoms with Crippen LogP contribution in [0.4, 0.5) is 10.5 Å². The Morgan fingerprint density at radius 2 is 1.55 bits per heavy atom. The Balaban J connectivity index is 1.37. The number of amides is 4. The van der Waals surface area contributed by atoms with Gasteiger partial charge in [-0.05, 0) is 75.6 Å². The second kappa shape index (κ2) is 13.8. The van der Waals surface area contributed by atoms with E-state index in [1.807, 2.05) is 6.92 Å². The zero-order valence-electron chi connectivity index (χ0n) is 28.7. The third kappa shape index (κ3) is 5.85. The van der Waals surface area contributed by atoms with Gasteiger partial charge in [-0.2, -0.15) is 0 Å². The van der Waals surface area contributed by atoms with Crippen molar-refractivity contribution in [1.82, 2.24) is 9.80 Å². The lowest BCUT2D eigenvalue weighted by Crippen LogP contribution is -2.57. The Morgan fingerprint density at radius 3 is 2.27 bits per heavy atom. The van der Waals surface area contributed by atoms with E-state index in [2.05, 4.69) is 97.7 Å². The van der Waals surface area contributed by atoms with Gasteiger partial charge in [-0.15, -0.1) is 0 Å². The van der Waals surface area contributed by atoms with Crippen molar-refractivity contribution in [2.45, 2.75) is 62.8 Å². The molecule has 4 aromatic rings. The number of ether oxygens (including phenoxy) is 1. The van der Waals surface area contributed by atoms with Gasteiger partial charge in [0.05, 0.1) is 13.2 Å². The predicted molar refractivity (Wildman–Crippen MR) is 198 cm³/mol. The van der Waals surface area contributed by atoms with Crippen molar-refractivity contribution >= 4 is 56.8 Å². The third-order valence-corrected chi connectivity index (χ3v) is 11.5. The quantitative estimate of drug-likeness (QED) is 0.124. The first-order chi connectivity index (χ1) is 23.9. The maximum Gasteiger partial charge on any atom is 0.334 e. The number of urea groups is 1. The number of nitrogens with zero attached hydrogens (tertiary/aromatic N) is 3. The number of benzene rings is 4. The van der Waals surface area contributed by atoms with E-state index in [1.54, 1.807) is 18.9 Å². The fourth-order valence-electron chi connectivity index (χ4n) is 7.77. The first-order valence-corrected chi connectivity index (χ1v) is 18.2. The molecule has 8 heteroatoms. The average Bonchev–Trinajstić information content (AvgIpc) is 3.64. The Kier molecular flexibility index (Phi) is 9.36. The second-order valence-electron chi connectivity index (χ2n) is 13.2. The topological polar surface area (TPSA) is 70.2 Å². The summed E-state index contributed by atoms with van der Waals surface area (Å²) in [6.45, 7) is 4.77. The van der Waals surface area contributed by atoms with E-state index in [1.165, 1.54) is 53.1 Å². The Bertz CT molecular complexity index is 2000. The number of barbiturate groups is 1. The van der Waals surface area contributed by atoms with E-state index in [9.17, 15) is 14.4 Å². The van der Waals surface area contributed by atoms with Crippen LogP contribution >= 0.6 is 11.8 Å². The maximum atomic E-state index is 14.4. The molecule has 252 valence electrons. The molecule has 1 saturated heterocycles. The summed E-state index contributed by atoms with van der Waals surface area (Å²) in [4.78, 5) is 49.5. The van der Waals surface area contributed by atoms with Crippen LogP contribution in [0.3, 0.4) is 0 Å². The fourth-order valence-corrected chi connectivity index (χ4v) is 9.15. The van der Waals surface area contributed by atoms with Crippen molar-refractivity contribution < 1.29 is 19.1 Å². The summed E-state index contributed by atoms with van der Waals surface area (Å²) >= 11 is 1.73. The molecule has 0 saturated carbocycles. The van der Waals surface area contributed by atoms with E-state index in [0.717, 1.165) is 24.2 Å². The van der Waals surface area contributed by atoms with Crippen molar-refractivity contribution in [2.24, 2.45) is 0 Å². The number of likely N-dealkylation sites (N-methyl/N-ethyl adjacent to an activating group) is 1. The molecule has 3 aliphatic heterocycles. The Morgan fingerprint density at radius 1 is 0.878 bits per heavy atom. The minimum atomic E-state index is -0.561. The second-order valence-corrected chi connectivity index (χ2v) is 14.3. The summed E-state index contributed by atoms with van der Waals surface area (Å²) in [7, 11) is 3.67. The molecule has 3 heterocycles. The first kappa shape index (κ1) is 33.1. The van der Waals surface area contributed by atoms with E-state index < -0.39 is 17.8 Å². The molecule has 4 amide bonds. The minimum Gasteiger partial charge on any atom is -0.383 e. The molecular weight excluding hydrogens is 631 g/mol. The summed E-state index contributed by atoms with van der Waals surface area (Å²) in [5.41, 5.74) is 4.55. The summed E-state index contributed by atoms with van der Waals surface area (Å²) in [6, 6.07) is 25.1. The van der Waals surface area contributed by atoms with Gasteiger partial charge >= 0.3 is 6.03 Å². The summed E-state index contributed by atoms with van der Waals surface area (Å²) in [6.07, 6.45) is 5.76. The van der Waals surface area contributed by atoms with Gasteiger partial charge < -0.3 is 9.64 Å². The number of carbonyl (C=O) groups excluding carboxylic acids is 3. The van der Waals surface area contributed by atoms with Gasteiger partial charge in [0.25, 0.3) is 11.8 Å². The number of rotatable bonds is 10. The molecule has 1 fully saturated rings. The third-order valence-electron chi connectivity index (χ3n) is 10.3. The fraction of sp³-hybridized carbons (Fsp3) is 0.341. The zero-order valence-corrected chi connectivity index (χ0v) is 29.5. The highest BCUT2D eigenvalue weighted by Gasteiger charge is 2.44. The molecule has 0 aliphatic carbocycles. The number of imide groups is 2. The van der Waals surface area contributed by atoms with Gasteiger partial charge in [0.2, 0.25) is 0 Å². The van der Waals surface area contributed by atoms with Crippen LogP contribution in [-0.4, -0.2) is 67.5 Å². The molecule has 0 spiro atoms. The predicted octanol–water partition coefficient (Wildman–Crippen LogP) is 8.46. The lowest BCUT2D eigenvalue weighted by molar-refractivity contribution is -0.136. The lowest BCUT2D eigenvalue weighted by atomic mass is 9.89. The molecule has 2 atom stereocenters. The molecule has 0 N–H and O–H groups in total. The van der Waals surface area contributed by atoms with E-state index >= 15 is 0 Å². The molecular formula is C41H43N3O4S. The summed E-state index contributed by atoms with van der Waals surface area (Å²) in [5.74, 6) is -0.902. The first-order valence-electron chi connectivity index (χ1n) is 17.4. The van der Waals surface area contributed by atoms with Gasteiger partial charge in [0, 0.05) is 48.6 Å². The molecule has 0 aromatic heterocycles. The van der Waals surface area contributed by atoms with E-state index in [-0.39, 0.29) is 37.2 Å². The smallest absolute Gasteiger partial charge is 0.334 e. The van der Waals surface area contributed by atoms with Crippen LogP contribution in [0.5, 0.6) is 0 Å². The minimum absolute atomic E-state index is 0.0181. The molecule has 7 nitrogen and oxygen atoms in total. The van der Waals surface area contributed by atoms with Crippen molar-refractivity contribution in [3.05, 3.63) is 106 Å². The lowest BCUT2D eigenvalue weighted by Gasteiger charge is -2.35. The maximum absolute atomic E-state index is 14.4. The number of hydrogen-bond acceptors (Lipinski definition) is 6.